The topological polar surface area (TPSA) is 98.2 Å². The summed E-state index contributed by atoms with van der Waals surface area (Å²) in [5.41, 5.74) is 1.49. The second-order valence-corrected chi connectivity index (χ2v) is 7.58. The van der Waals surface area contributed by atoms with Crippen LogP contribution in [0.3, 0.4) is 0 Å². The van der Waals surface area contributed by atoms with E-state index in [9.17, 15) is 8.42 Å². The SMILES string of the molecule is O=S(=O)(Cc1noc2ccccc12)Nc1nc(-c2ccco2)cs1. The molecular weight excluding hydrogens is 350 g/mol. The van der Waals surface area contributed by atoms with Gasteiger partial charge in [-0.15, -0.1) is 11.3 Å². The predicted molar refractivity (Wildman–Crippen MR) is 90.1 cm³/mol. The lowest BCUT2D eigenvalue weighted by atomic mass is 10.2. The molecule has 0 atom stereocenters. The number of nitrogens with zero attached hydrogens (tertiary/aromatic N) is 2. The van der Waals surface area contributed by atoms with Crippen molar-refractivity contribution in [3.63, 3.8) is 0 Å². The first-order chi connectivity index (χ1) is 11.6. The number of hydrogen-bond donors (Lipinski definition) is 1. The lowest BCUT2D eigenvalue weighted by Crippen LogP contribution is -2.15. The number of furan rings is 1. The molecule has 0 saturated heterocycles. The highest BCUT2D eigenvalue weighted by Crippen LogP contribution is 2.26. The van der Waals surface area contributed by atoms with E-state index in [-0.39, 0.29) is 10.9 Å². The van der Waals surface area contributed by atoms with Gasteiger partial charge in [-0.2, -0.15) is 0 Å². The minimum atomic E-state index is -3.66. The van der Waals surface area contributed by atoms with Crippen molar-refractivity contribution in [3.05, 3.63) is 53.7 Å². The van der Waals surface area contributed by atoms with Gasteiger partial charge in [-0.25, -0.2) is 13.4 Å². The van der Waals surface area contributed by atoms with Crippen molar-refractivity contribution >= 4 is 37.5 Å². The van der Waals surface area contributed by atoms with Gasteiger partial charge in [0.25, 0.3) is 0 Å². The smallest absolute Gasteiger partial charge is 0.240 e. The number of thiazole rings is 1. The maximum Gasteiger partial charge on any atom is 0.240 e. The van der Waals surface area contributed by atoms with Crippen LogP contribution in [0.15, 0.2) is 57.0 Å². The molecule has 0 saturated carbocycles. The fraction of sp³-hybridized carbons (Fsp3) is 0.0667. The van der Waals surface area contributed by atoms with Gasteiger partial charge in [-0.3, -0.25) is 4.72 Å². The third-order valence-electron chi connectivity index (χ3n) is 3.30. The Bertz CT molecular complexity index is 1080. The van der Waals surface area contributed by atoms with Crippen LogP contribution >= 0.6 is 11.3 Å². The van der Waals surface area contributed by atoms with Crippen molar-refractivity contribution in [2.45, 2.75) is 5.75 Å². The monoisotopic (exact) mass is 361 g/mol. The fourth-order valence-electron chi connectivity index (χ4n) is 2.25. The number of aromatic nitrogens is 2. The quantitative estimate of drug-likeness (QED) is 0.584. The average molecular weight is 361 g/mol. The van der Waals surface area contributed by atoms with E-state index in [2.05, 4.69) is 14.9 Å². The van der Waals surface area contributed by atoms with Crippen LogP contribution in [-0.2, 0) is 15.8 Å². The number of hydrogen-bond acceptors (Lipinski definition) is 7. The van der Waals surface area contributed by atoms with E-state index in [1.54, 1.807) is 41.8 Å². The standard InChI is InChI=1S/C15H11N3O4S2/c19-24(20,9-12-10-4-1-2-5-13(10)22-17-12)18-15-16-11(8-23-15)14-6-3-7-21-14/h1-8H,9H2,(H,16,18). The zero-order valence-electron chi connectivity index (χ0n) is 12.2. The fourth-order valence-corrected chi connectivity index (χ4v) is 4.32. The van der Waals surface area contributed by atoms with Gasteiger partial charge in [0.05, 0.1) is 6.26 Å². The summed E-state index contributed by atoms with van der Waals surface area (Å²) in [6, 6.07) is 10.6. The van der Waals surface area contributed by atoms with E-state index in [4.69, 9.17) is 8.94 Å². The lowest BCUT2D eigenvalue weighted by molar-refractivity contribution is 0.448. The van der Waals surface area contributed by atoms with E-state index < -0.39 is 10.0 Å². The van der Waals surface area contributed by atoms with E-state index in [1.807, 2.05) is 0 Å². The van der Waals surface area contributed by atoms with E-state index in [0.717, 1.165) is 0 Å². The molecule has 3 aromatic heterocycles. The van der Waals surface area contributed by atoms with Gasteiger partial charge in [0.2, 0.25) is 10.0 Å². The highest BCUT2D eigenvalue weighted by Gasteiger charge is 2.19. The summed E-state index contributed by atoms with van der Waals surface area (Å²) >= 11 is 1.19. The first kappa shape index (κ1) is 14.9. The van der Waals surface area contributed by atoms with Gasteiger partial charge in [-0.05, 0) is 24.3 Å². The number of anilines is 1. The van der Waals surface area contributed by atoms with Gasteiger partial charge < -0.3 is 8.94 Å². The molecule has 1 aromatic carbocycles. The minimum absolute atomic E-state index is 0.272. The molecule has 4 aromatic rings. The highest BCUT2D eigenvalue weighted by atomic mass is 32.2. The van der Waals surface area contributed by atoms with E-state index in [1.165, 1.54) is 17.6 Å². The lowest BCUT2D eigenvalue weighted by Gasteiger charge is -2.02. The van der Waals surface area contributed by atoms with E-state index >= 15 is 0 Å². The minimum Gasteiger partial charge on any atom is -0.463 e. The normalized spacial score (nSPS) is 11.8. The summed E-state index contributed by atoms with van der Waals surface area (Å²) in [5.74, 6) is 0.291. The molecule has 7 nitrogen and oxygen atoms in total. The van der Waals surface area contributed by atoms with Crippen molar-refractivity contribution in [3.8, 4) is 11.5 Å². The summed E-state index contributed by atoms with van der Waals surface area (Å²) < 4.78 is 37.5. The average Bonchev–Trinajstić information content (AvgIpc) is 3.27. The van der Waals surface area contributed by atoms with E-state index in [0.29, 0.717) is 28.1 Å². The Balaban J connectivity index is 1.55. The summed E-state index contributed by atoms with van der Waals surface area (Å²) in [4.78, 5) is 4.22. The van der Waals surface area contributed by atoms with Crippen molar-refractivity contribution in [2.24, 2.45) is 0 Å². The molecule has 0 aliphatic heterocycles. The third-order valence-corrected chi connectivity index (χ3v) is 5.34. The number of benzene rings is 1. The first-order valence-corrected chi connectivity index (χ1v) is 9.47. The Kier molecular flexibility index (Phi) is 3.58. The summed E-state index contributed by atoms with van der Waals surface area (Å²) in [7, 11) is -3.66. The Hall–Kier alpha value is -2.65. The second kappa shape index (κ2) is 5.77. The predicted octanol–water partition coefficient (Wildman–Crippen LogP) is 3.49. The number of nitrogens with one attached hydrogen (secondary N) is 1. The van der Waals surface area contributed by atoms with Crippen LogP contribution in [0.1, 0.15) is 5.69 Å². The van der Waals surface area contributed by atoms with Crippen LogP contribution in [-0.4, -0.2) is 18.6 Å². The molecule has 0 unspecified atom stereocenters. The number of rotatable bonds is 5. The van der Waals surface area contributed by atoms with Gasteiger partial charge in [0.1, 0.15) is 17.1 Å². The molecule has 3 heterocycles. The number of para-hydroxylation sites is 1. The molecule has 0 aliphatic carbocycles. The van der Waals surface area contributed by atoms with Crippen LogP contribution in [0.5, 0.6) is 0 Å². The largest absolute Gasteiger partial charge is 0.463 e. The summed E-state index contributed by atoms with van der Waals surface area (Å²) in [6.45, 7) is 0. The first-order valence-electron chi connectivity index (χ1n) is 6.94. The van der Waals surface area contributed by atoms with Crippen LogP contribution < -0.4 is 4.72 Å². The van der Waals surface area contributed by atoms with Crippen molar-refractivity contribution in [1.29, 1.82) is 0 Å². The maximum absolute atomic E-state index is 12.4. The zero-order valence-corrected chi connectivity index (χ0v) is 13.8. The van der Waals surface area contributed by atoms with Crippen molar-refractivity contribution in [2.75, 3.05) is 4.72 Å². The molecule has 0 fully saturated rings. The van der Waals surface area contributed by atoms with Crippen LogP contribution in [0.25, 0.3) is 22.4 Å². The summed E-state index contributed by atoms with van der Waals surface area (Å²) in [5, 5.41) is 6.52. The van der Waals surface area contributed by atoms with Crippen LogP contribution in [0.4, 0.5) is 5.13 Å². The van der Waals surface area contributed by atoms with Crippen LogP contribution in [0, 0.1) is 0 Å². The molecule has 24 heavy (non-hydrogen) atoms. The third kappa shape index (κ3) is 2.91. The maximum atomic E-state index is 12.4. The van der Waals surface area contributed by atoms with Gasteiger partial charge in [0, 0.05) is 10.8 Å². The molecule has 0 radical (unpaired) electrons. The Morgan fingerprint density at radius 1 is 1.17 bits per heavy atom. The van der Waals surface area contributed by atoms with Gasteiger partial charge in [-0.1, -0.05) is 17.3 Å². The molecule has 0 aliphatic rings. The Labute approximate surface area is 141 Å². The van der Waals surface area contributed by atoms with Crippen LogP contribution in [0.2, 0.25) is 0 Å². The molecule has 0 amide bonds. The second-order valence-electron chi connectivity index (χ2n) is 5.00. The molecule has 4 rings (SSSR count). The van der Waals surface area contributed by atoms with Crippen molar-refractivity contribution < 1.29 is 17.4 Å². The highest BCUT2D eigenvalue weighted by molar-refractivity contribution is 7.92. The summed E-state index contributed by atoms with van der Waals surface area (Å²) in [6.07, 6.45) is 1.54. The number of sulfonamides is 1. The zero-order chi connectivity index (χ0) is 16.6. The molecule has 0 bridgehead atoms. The van der Waals surface area contributed by atoms with Gasteiger partial charge >= 0.3 is 0 Å². The van der Waals surface area contributed by atoms with Gasteiger partial charge in [0.15, 0.2) is 16.5 Å². The molecular formula is C15H11N3O4S2. The Morgan fingerprint density at radius 2 is 2.04 bits per heavy atom. The number of fused-ring (bicyclic) bond motifs is 1. The Morgan fingerprint density at radius 3 is 2.88 bits per heavy atom. The van der Waals surface area contributed by atoms with Crippen molar-refractivity contribution in [1.82, 2.24) is 10.1 Å². The molecule has 122 valence electrons. The molecule has 1 N–H and O–H groups in total. The molecule has 0 spiro atoms. The molecule has 9 heteroatoms.